The fourth-order valence-corrected chi connectivity index (χ4v) is 1.89. The van der Waals surface area contributed by atoms with Crippen LogP contribution >= 0.6 is 0 Å². The van der Waals surface area contributed by atoms with E-state index in [0.29, 0.717) is 36.7 Å². The number of rotatable bonds is 9. The third-order valence-electron chi connectivity index (χ3n) is 3.42. The molecule has 6 heteroatoms. The van der Waals surface area contributed by atoms with E-state index in [-0.39, 0.29) is 12.5 Å². The van der Waals surface area contributed by atoms with Crippen LogP contribution in [0.5, 0.6) is 11.5 Å². The number of aliphatic carboxylic acids is 1. The van der Waals surface area contributed by atoms with E-state index in [2.05, 4.69) is 5.32 Å². The van der Waals surface area contributed by atoms with E-state index in [4.69, 9.17) is 14.6 Å². The Morgan fingerprint density at radius 1 is 1.13 bits per heavy atom. The second kappa shape index (κ2) is 8.41. The number of hydrogen-bond acceptors (Lipinski definition) is 4. The molecule has 0 aliphatic rings. The van der Waals surface area contributed by atoms with E-state index in [9.17, 15) is 9.59 Å². The molecule has 0 spiro atoms. The van der Waals surface area contributed by atoms with Crippen LogP contribution in [-0.4, -0.2) is 36.7 Å². The Morgan fingerprint density at radius 2 is 1.74 bits per heavy atom. The zero-order chi connectivity index (χ0) is 17.5. The van der Waals surface area contributed by atoms with Crippen LogP contribution in [-0.2, 0) is 4.79 Å². The summed E-state index contributed by atoms with van der Waals surface area (Å²) in [6.45, 7) is 8.26. The van der Waals surface area contributed by atoms with Crippen LogP contribution in [0, 0.1) is 5.41 Å². The van der Waals surface area contributed by atoms with Gasteiger partial charge in [0.2, 0.25) is 0 Å². The fourth-order valence-electron chi connectivity index (χ4n) is 1.89. The largest absolute Gasteiger partial charge is 0.490 e. The summed E-state index contributed by atoms with van der Waals surface area (Å²) in [6.07, 6.45) is 0.351. The summed E-state index contributed by atoms with van der Waals surface area (Å²) < 4.78 is 10.9. The molecule has 0 bridgehead atoms. The monoisotopic (exact) mass is 323 g/mol. The smallest absolute Gasteiger partial charge is 0.309 e. The number of nitrogens with one attached hydrogen (secondary N) is 1. The fraction of sp³-hybridized carbons (Fsp3) is 0.529. The number of amides is 1. The first-order valence-corrected chi connectivity index (χ1v) is 7.73. The number of carbonyl (C=O) groups excluding carboxylic acids is 1. The lowest BCUT2D eigenvalue weighted by molar-refractivity contribution is -0.147. The van der Waals surface area contributed by atoms with E-state index < -0.39 is 11.4 Å². The zero-order valence-electron chi connectivity index (χ0n) is 14.1. The van der Waals surface area contributed by atoms with E-state index in [1.807, 2.05) is 13.8 Å². The van der Waals surface area contributed by atoms with Crippen molar-refractivity contribution in [2.24, 2.45) is 5.41 Å². The molecule has 0 saturated heterocycles. The predicted octanol–water partition coefficient (Wildman–Crippen LogP) is 2.71. The molecule has 2 N–H and O–H groups in total. The van der Waals surface area contributed by atoms with Gasteiger partial charge in [-0.25, -0.2) is 0 Å². The average molecular weight is 323 g/mol. The first-order valence-electron chi connectivity index (χ1n) is 7.73. The van der Waals surface area contributed by atoms with Gasteiger partial charge in [0.15, 0.2) is 11.5 Å². The van der Waals surface area contributed by atoms with Gasteiger partial charge >= 0.3 is 5.97 Å². The quantitative estimate of drug-likeness (QED) is 0.730. The topological polar surface area (TPSA) is 84.9 Å². The molecule has 0 fully saturated rings. The molecule has 0 atom stereocenters. The Labute approximate surface area is 136 Å². The minimum atomic E-state index is -0.883. The van der Waals surface area contributed by atoms with E-state index in [1.165, 1.54) is 0 Å². The van der Waals surface area contributed by atoms with Crippen LogP contribution in [0.1, 0.15) is 44.5 Å². The number of hydrogen-bond donors (Lipinski definition) is 2. The maximum Gasteiger partial charge on any atom is 0.309 e. The van der Waals surface area contributed by atoms with Crippen molar-refractivity contribution < 1.29 is 24.2 Å². The van der Waals surface area contributed by atoms with Crippen molar-refractivity contribution in [3.05, 3.63) is 23.8 Å². The van der Waals surface area contributed by atoms with Gasteiger partial charge in [0.25, 0.3) is 5.91 Å². The van der Waals surface area contributed by atoms with Crippen molar-refractivity contribution in [2.75, 3.05) is 19.8 Å². The lowest BCUT2D eigenvalue weighted by atomic mass is 9.90. The van der Waals surface area contributed by atoms with Crippen molar-refractivity contribution in [1.29, 1.82) is 0 Å². The van der Waals surface area contributed by atoms with Crippen LogP contribution in [0.25, 0.3) is 0 Å². The Balaban J connectivity index is 2.72. The van der Waals surface area contributed by atoms with E-state index >= 15 is 0 Å². The molecule has 23 heavy (non-hydrogen) atoms. The molecule has 6 nitrogen and oxygen atoms in total. The highest BCUT2D eigenvalue weighted by atomic mass is 16.5. The number of carboxylic acids is 1. The molecular formula is C17H25NO5. The van der Waals surface area contributed by atoms with Crippen LogP contribution in [0.15, 0.2) is 18.2 Å². The minimum absolute atomic E-state index is 0.268. The van der Waals surface area contributed by atoms with Gasteiger partial charge in [-0.3, -0.25) is 9.59 Å². The molecule has 128 valence electrons. The van der Waals surface area contributed by atoms with Crippen LogP contribution in [0.4, 0.5) is 0 Å². The van der Waals surface area contributed by atoms with Crippen molar-refractivity contribution >= 4 is 11.9 Å². The van der Waals surface area contributed by atoms with E-state index in [0.717, 1.165) is 0 Å². The first-order chi connectivity index (χ1) is 10.8. The van der Waals surface area contributed by atoms with Crippen LogP contribution < -0.4 is 14.8 Å². The van der Waals surface area contributed by atoms with Crippen molar-refractivity contribution in [3.8, 4) is 11.5 Å². The summed E-state index contributed by atoms with van der Waals surface area (Å²) in [5, 5.41) is 11.8. The van der Waals surface area contributed by atoms with Gasteiger partial charge in [0, 0.05) is 12.1 Å². The Morgan fingerprint density at radius 3 is 2.30 bits per heavy atom. The highest BCUT2D eigenvalue weighted by molar-refractivity contribution is 5.94. The second-order valence-corrected chi connectivity index (χ2v) is 5.72. The summed E-state index contributed by atoms with van der Waals surface area (Å²) in [6, 6.07) is 4.99. The predicted molar refractivity (Wildman–Crippen MR) is 87.1 cm³/mol. The molecule has 0 heterocycles. The zero-order valence-corrected chi connectivity index (χ0v) is 14.1. The number of benzene rings is 1. The molecule has 1 aromatic rings. The highest BCUT2D eigenvalue weighted by Crippen LogP contribution is 2.28. The molecule has 1 rings (SSSR count). The number of ether oxygens (including phenoxy) is 2. The molecule has 1 aromatic carbocycles. The standard InChI is InChI=1S/C17H25NO5/c1-5-22-13-8-7-12(11-14(13)23-6-2)15(19)18-10-9-17(3,4)16(20)21/h7-8,11H,5-6,9-10H2,1-4H3,(H,18,19)(H,20,21). The summed E-state index contributed by atoms with van der Waals surface area (Å²) in [5.41, 5.74) is -0.423. The molecule has 1 amide bonds. The van der Waals surface area contributed by atoms with Gasteiger partial charge in [-0.15, -0.1) is 0 Å². The van der Waals surface area contributed by atoms with Crippen LogP contribution in [0.3, 0.4) is 0 Å². The minimum Gasteiger partial charge on any atom is -0.490 e. The number of carbonyl (C=O) groups is 2. The molecular weight excluding hydrogens is 298 g/mol. The van der Waals surface area contributed by atoms with Gasteiger partial charge in [-0.05, 0) is 52.3 Å². The Hall–Kier alpha value is -2.24. The SMILES string of the molecule is CCOc1ccc(C(=O)NCCC(C)(C)C(=O)O)cc1OCC. The normalized spacial score (nSPS) is 11.0. The summed E-state index contributed by atoms with van der Waals surface area (Å²) >= 11 is 0. The molecule has 0 radical (unpaired) electrons. The third-order valence-corrected chi connectivity index (χ3v) is 3.42. The molecule has 0 saturated carbocycles. The van der Waals surface area contributed by atoms with Crippen molar-refractivity contribution in [2.45, 2.75) is 34.1 Å². The maximum atomic E-state index is 12.2. The molecule has 0 aliphatic heterocycles. The molecule has 0 aromatic heterocycles. The van der Waals surface area contributed by atoms with Crippen molar-refractivity contribution in [1.82, 2.24) is 5.32 Å². The second-order valence-electron chi connectivity index (χ2n) is 5.72. The van der Waals surface area contributed by atoms with Gasteiger partial charge < -0.3 is 19.9 Å². The van der Waals surface area contributed by atoms with Gasteiger partial charge in [-0.1, -0.05) is 0 Å². The molecule has 0 unspecified atom stereocenters. The summed E-state index contributed by atoms with van der Waals surface area (Å²) in [4.78, 5) is 23.2. The maximum absolute atomic E-state index is 12.2. The summed E-state index contributed by atoms with van der Waals surface area (Å²) in [7, 11) is 0. The lowest BCUT2D eigenvalue weighted by Gasteiger charge is -2.19. The molecule has 0 aliphatic carbocycles. The highest BCUT2D eigenvalue weighted by Gasteiger charge is 2.26. The van der Waals surface area contributed by atoms with E-state index in [1.54, 1.807) is 32.0 Å². The number of carboxylic acid groups (broad SMARTS) is 1. The van der Waals surface area contributed by atoms with Gasteiger partial charge in [-0.2, -0.15) is 0 Å². The van der Waals surface area contributed by atoms with Crippen molar-refractivity contribution in [3.63, 3.8) is 0 Å². The lowest BCUT2D eigenvalue weighted by Crippen LogP contribution is -2.31. The van der Waals surface area contributed by atoms with Gasteiger partial charge in [0.05, 0.1) is 18.6 Å². The first kappa shape index (κ1) is 18.8. The van der Waals surface area contributed by atoms with Crippen LogP contribution in [0.2, 0.25) is 0 Å². The average Bonchev–Trinajstić information content (AvgIpc) is 2.49. The third kappa shape index (κ3) is 5.47. The van der Waals surface area contributed by atoms with Gasteiger partial charge in [0.1, 0.15) is 0 Å². The summed E-state index contributed by atoms with van der Waals surface area (Å²) in [5.74, 6) is -0.0348. The Bertz CT molecular complexity index is 554. The Kier molecular flexibility index (Phi) is 6.88.